The fourth-order valence-corrected chi connectivity index (χ4v) is 7.10. The molecule has 1 atom stereocenters. The van der Waals surface area contributed by atoms with Crippen molar-refractivity contribution in [3.63, 3.8) is 0 Å². The Morgan fingerprint density at radius 1 is 1.04 bits per heavy atom. The van der Waals surface area contributed by atoms with E-state index in [0.717, 1.165) is 43.6 Å². The number of benzene rings is 2. The summed E-state index contributed by atoms with van der Waals surface area (Å²) in [7, 11) is 4.18. The summed E-state index contributed by atoms with van der Waals surface area (Å²) in [5.74, 6) is 0.671. The molecule has 2 amide bonds. The Balaban J connectivity index is 1.40. The van der Waals surface area contributed by atoms with Gasteiger partial charge in [-0.3, -0.25) is 24.0 Å². The van der Waals surface area contributed by atoms with Gasteiger partial charge in [-0.2, -0.15) is 0 Å². The van der Waals surface area contributed by atoms with Crippen LogP contribution in [-0.4, -0.2) is 93.8 Å². The number of phenolic OH excluding ortho intramolecular Hbond substituents is 1. The highest BCUT2D eigenvalue weighted by atomic mass is 16.6. The molecular weight excluding hydrogens is 596 g/mol. The number of aromatic nitrogens is 2. The largest absolute Gasteiger partial charge is 0.508 e. The van der Waals surface area contributed by atoms with E-state index in [-0.39, 0.29) is 35.3 Å². The molecule has 11 nitrogen and oxygen atoms in total. The fraction of sp³-hybridized carbons (Fsp3) is 0.556. The van der Waals surface area contributed by atoms with E-state index in [4.69, 9.17) is 9.72 Å². The monoisotopic (exact) mass is 646 g/mol. The van der Waals surface area contributed by atoms with Crippen molar-refractivity contribution in [3.8, 4) is 5.75 Å². The van der Waals surface area contributed by atoms with Crippen LogP contribution in [0.2, 0.25) is 0 Å². The molecule has 1 N–H and O–H groups in total. The summed E-state index contributed by atoms with van der Waals surface area (Å²) in [5, 5.41) is 10.7. The lowest BCUT2D eigenvalue weighted by Crippen LogP contribution is -2.54. The maximum absolute atomic E-state index is 14.1. The lowest BCUT2D eigenvalue weighted by molar-refractivity contribution is -0.139. The van der Waals surface area contributed by atoms with Crippen molar-refractivity contribution >= 4 is 28.6 Å². The first-order valence-electron chi connectivity index (χ1n) is 16.8. The third-order valence-electron chi connectivity index (χ3n) is 9.62. The molecule has 0 aliphatic carbocycles. The molecule has 2 saturated heterocycles. The maximum atomic E-state index is 14.1. The number of carbonyl (C=O) groups is 2. The van der Waals surface area contributed by atoms with Gasteiger partial charge < -0.3 is 19.6 Å². The van der Waals surface area contributed by atoms with Crippen LogP contribution in [0.15, 0.2) is 47.3 Å². The summed E-state index contributed by atoms with van der Waals surface area (Å²) in [6.07, 6.45) is 2.68. The molecule has 3 aromatic rings. The number of ether oxygens (including phenoxy) is 1. The number of hydrogen-bond acceptors (Lipinski definition) is 8. The Morgan fingerprint density at radius 2 is 1.77 bits per heavy atom. The van der Waals surface area contributed by atoms with Gasteiger partial charge in [0, 0.05) is 44.0 Å². The average molecular weight is 647 g/mol. The number of aromatic hydroxyl groups is 1. The average Bonchev–Trinajstić information content (AvgIpc) is 3.03. The number of anilines is 1. The third-order valence-corrected chi connectivity index (χ3v) is 9.62. The van der Waals surface area contributed by atoms with Crippen molar-refractivity contribution in [2.24, 2.45) is 0 Å². The van der Waals surface area contributed by atoms with E-state index in [1.165, 1.54) is 4.90 Å². The number of piperazine rings is 1. The van der Waals surface area contributed by atoms with Gasteiger partial charge in [-0.1, -0.05) is 25.5 Å². The third kappa shape index (κ3) is 6.95. The zero-order valence-electron chi connectivity index (χ0n) is 29.0. The normalized spacial score (nSPS) is 17.8. The van der Waals surface area contributed by atoms with Crippen LogP contribution < -0.4 is 10.5 Å². The molecule has 3 heterocycles. The van der Waals surface area contributed by atoms with Crippen LogP contribution in [0.25, 0.3) is 10.9 Å². The molecule has 0 spiro atoms. The quantitative estimate of drug-likeness (QED) is 0.360. The van der Waals surface area contributed by atoms with E-state index in [9.17, 15) is 19.5 Å². The van der Waals surface area contributed by atoms with Crippen LogP contribution in [0.1, 0.15) is 77.7 Å². The summed E-state index contributed by atoms with van der Waals surface area (Å²) >= 11 is 0. The van der Waals surface area contributed by atoms with Crippen LogP contribution in [0.5, 0.6) is 5.75 Å². The van der Waals surface area contributed by atoms with E-state index < -0.39 is 11.7 Å². The van der Waals surface area contributed by atoms with E-state index in [1.54, 1.807) is 36.3 Å². The number of amides is 2. The molecule has 254 valence electrons. The first kappa shape index (κ1) is 34.2. The molecule has 2 aromatic carbocycles. The van der Waals surface area contributed by atoms with Gasteiger partial charge in [0.05, 0.1) is 16.9 Å². The van der Waals surface area contributed by atoms with Crippen molar-refractivity contribution < 1.29 is 19.4 Å². The van der Waals surface area contributed by atoms with Crippen LogP contribution in [0.3, 0.4) is 0 Å². The molecule has 11 heteroatoms. The van der Waals surface area contributed by atoms with Crippen LogP contribution in [-0.2, 0) is 21.6 Å². The second-order valence-corrected chi connectivity index (χ2v) is 14.0. The number of hydrogen-bond donors (Lipinski definition) is 1. The standard InChI is InChI=1S/C36H50N6O5/c1-8-11-30(42-21-20-40(24-31(42)44)34(46)47-35(3,4)5)32-37-29-15-14-26(23-28(29)33(45)41(32)9-2)39-18-16-36(17-19-39,38(6)7)25-12-10-13-27(43)22-25/h10,12-15,22-23,30,43H,8-9,11,16-21,24H2,1-7H3. The number of phenols is 1. The van der Waals surface area contributed by atoms with Gasteiger partial charge in [-0.15, -0.1) is 0 Å². The lowest BCUT2D eigenvalue weighted by Gasteiger charge is -2.47. The summed E-state index contributed by atoms with van der Waals surface area (Å²) in [5.41, 5.74) is 1.74. The Kier molecular flexibility index (Phi) is 9.86. The molecule has 1 unspecified atom stereocenters. The van der Waals surface area contributed by atoms with E-state index >= 15 is 0 Å². The summed E-state index contributed by atoms with van der Waals surface area (Å²) in [6, 6.07) is 13.1. The summed E-state index contributed by atoms with van der Waals surface area (Å²) < 4.78 is 7.20. The minimum Gasteiger partial charge on any atom is -0.508 e. The highest BCUT2D eigenvalue weighted by molar-refractivity contribution is 5.84. The molecule has 2 aliphatic heterocycles. The van der Waals surface area contributed by atoms with Crippen LogP contribution in [0.4, 0.5) is 10.5 Å². The molecule has 5 rings (SSSR count). The van der Waals surface area contributed by atoms with Crippen molar-refractivity contribution in [2.75, 3.05) is 51.7 Å². The van der Waals surface area contributed by atoms with E-state index in [2.05, 4.69) is 36.9 Å². The molecule has 0 radical (unpaired) electrons. The SMILES string of the molecule is CCCC(c1nc2ccc(N3CCC(c4cccc(O)c4)(N(C)C)CC3)cc2c(=O)n1CC)N1CCN(C(=O)OC(C)(C)C)CC1=O. The molecular formula is C36H50N6O5. The Labute approximate surface area is 277 Å². The fourth-order valence-electron chi connectivity index (χ4n) is 7.10. The highest BCUT2D eigenvalue weighted by Crippen LogP contribution is 2.40. The molecule has 0 bridgehead atoms. The number of carbonyl (C=O) groups excluding carboxylic acids is 2. The second kappa shape index (κ2) is 13.5. The maximum Gasteiger partial charge on any atom is 0.410 e. The molecule has 2 aliphatic rings. The van der Waals surface area contributed by atoms with Gasteiger partial charge in [0.15, 0.2) is 0 Å². The van der Waals surface area contributed by atoms with Gasteiger partial charge in [0.1, 0.15) is 23.7 Å². The predicted octanol–water partition coefficient (Wildman–Crippen LogP) is 5.10. The summed E-state index contributed by atoms with van der Waals surface area (Å²) in [4.78, 5) is 53.0. The van der Waals surface area contributed by atoms with Gasteiger partial charge in [-0.25, -0.2) is 9.78 Å². The number of rotatable bonds is 8. The van der Waals surface area contributed by atoms with Crippen molar-refractivity contribution in [1.29, 1.82) is 0 Å². The Morgan fingerprint density at radius 3 is 2.36 bits per heavy atom. The summed E-state index contributed by atoms with van der Waals surface area (Å²) in [6.45, 7) is 12.0. The Hall–Kier alpha value is -4.12. The van der Waals surface area contributed by atoms with Gasteiger partial charge >= 0.3 is 6.09 Å². The Bertz CT molecular complexity index is 1670. The predicted molar refractivity (Wildman–Crippen MR) is 184 cm³/mol. The van der Waals surface area contributed by atoms with Gasteiger partial charge in [-0.05, 0) is 96.9 Å². The molecule has 1 aromatic heterocycles. The van der Waals surface area contributed by atoms with Crippen molar-refractivity contribution in [1.82, 2.24) is 24.3 Å². The smallest absolute Gasteiger partial charge is 0.410 e. The molecule has 2 fully saturated rings. The zero-order chi connectivity index (χ0) is 34.1. The van der Waals surface area contributed by atoms with Crippen molar-refractivity contribution in [2.45, 2.75) is 84.0 Å². The van der Waals surface area contributed by atoms with Crippen molar-refractivity contribution in [3.05, 3.63) is 64.2 Å². The lowest BCUT2D eigenvalue weighted by atomic mass is 9.79. The minimum absolute atomic E-state index is 0.0706. The topological polar surface area (TPSA) is 111 Å². The first-order chi connectivity index (χ1) is 22.3. The number of piperidine rings is 1. The highest BCUT2D eigenvalue weighted by Gasteiger charge is 2.39. The van der Waals surface area contributed by atoms with E-state index in [1.807, 2.05) is 37.3 Å². The minimum atomic E-state index is -0.647. The van der Waals surface area contributed by atoms with Gasteiger partial charge in [0.25, 0.3) is 5.56 Å². The zero-order valence-corrected chi connectivity index (χ0v) is 29.0. The first-order valence-corrected chi connectivity index (χ1v) is 16.8. The molecule has 47 heavy (non-hydrogen) atoms. The van der Waals surface area contributed by atoms with E-state index in [0.29, 0.717) is 42.8 Å². The second-order valence-electron chi connectivity index (χ2n) is 14.0. The number of nitrogens with zero attached hydrogens (tertiary/aromatic N) is 6. The molecule has 0 saturated carbocycles. The number of fused-ring (bicyclic) bond motifs is 1. The van der Waals surface area contributed by atoms with Crippen LogP contribution >= 0.6 is 0 Å². The van der Waals surface area contributed by atoms with Gasteiger partial charge in [0.2, 0.25) is 5.91 Å². The van der Waals surface area contributed by atoms with Crippen LogP contribution in [0, 0.1) is 0 Å².